The lowest BCUT2D eigenvalue weighted by atomic mass is 10.2. The fraction of sp³-hybridized carbons (Fsp3) is 0.444. The molecule has 1 aliphatic carbocycles. The van der Waals surface area contributed by atoms with Gasteiger partial charge in [0.1, 0.15) is 11.6 Å². The van der Waals surface area contributed by atoms with Crippen LogP contribution >= 0.6 is 11.8 Å². The summed E-state index contributed by atoms with van der Waals surface area (Å²) in [5.74, 6) is -0.166. The second kappa shape index (κ2) is 8.51. The number of primary amides is 1. The number of aromatic nitrogens is 3. The Morgan fingerprint density at radius 2 is 2.04 bits per heavy atom. The Kier molecular flexibility index (Phi) is 6.10. The number of amides is 2. The van der Waals surface area contributed by atoms with Gasteiger partial charge in [0.25, 0.3) is 0 Å². The number of nitrogens with one attached hydrogen (secondary N) is 1. The number of aryl methyl sites for hydroxylation is 1. The number of hydrogen-bond acceptors (Lipinski definition) is 5. The Morgan fingerprint density at radius 1 is 1.33 bits per heavy atom. The number of anilines is 1. The molecule has 9 heteroatoms. The summed E-state index contributed by atoms with van der Waals surface area (Å²) in [7, 11) is 0. The van der Waals surface area contributed by atoms with Crippen molar-refractivity contribution in [3.05, 3.63) is 35.9 Å². The molecule has 27 heavy (non-hydrogen) atoms. The first-order valence-electron chi connectivity index (χ1n) is 8.93. The van der Waals surface area contributed by atoms with Gasteiger partial charge in [0.15, 0.2) is 5.16 Å². The van der Waals surface area contributed by atoms with Crippen molar-refractivity contribution in [3.8, 4) is 0 Å². The average molecular weight is 391 g/mol. The van der Waals surface area contributed by atoms with E-state index in [1.165, 1.54) is 36.0 Å². The third-order valence-corrected chi connectivity index (χ3v) is 5.59. The van der Waals surface area contributed by atoms with Crippen molar-refractivity contribution in [2.45, 2.75) is 55.5 Å². The molecular weight excluding hydrogens is 369 g/mol. The quantitative estimate of drug-likeness (QED) is 0.640. The summed E-state index contributed by atoms with van der Waals surface area (Å²) in [5.41, 5.74) is 5.78. The van der Waals surface area contributed by atoms with Crippen molar-refractivity contribution in [2.75, 3.05) is 5.32 Å². The Hall–Kier alpha value is -2.42. The molecule has 1 saturated carbocycles. The van der Waals surface area contributed by atoms with Crippen molar-refractivity contribution in [1.82, 2.24) is 14.8 Å². The summed E-state index contributed by atoms with van der Waals surface area (Å²) in [5, 5.41) is 11.6. The summed E-state index contributed by atoms with van der Waals surface area (Å²) >= 11 is 1.36. The summed E-state index contributed by atoms with van der Waals surface area (Å²) in [4.78, 5) is 23.7. The van der Waals surface area contributed by atoms with Crippen LogP contribution in [0.3, 0.4) is 0 Å². The predicted octanol–water partition coefficient (Wildman–Crippen LogP) is 2.68. The molecule has 144 valence electrons. The maximum atomic E-state index is 13.0. The van der Waals surface area contributed by atoms with E-state index >= 15 is 0 Å². The van der Waals surface area contributed by atoms with Crippen LogP contribution in [0, 0.1) is 5.82 Å². The van der Waals surface area contributed by atoms with Crippen LogP contribution in [0.2, 0.25) is 0 Å². The fourth-order valence-electron chi connectivity index (χ4n) is 2.70. The largest absolute Gasteiger partial charge is 0.370 e. The third-order valence-electron chi connectivity index (χ3n) is 4.26. The molecule has 1 fully saturated rings. The molecule has 0 radical (unpaired) electrons. The molecule has 7 nitrogen and oxygen atoms in total. The highest BCUT2D eigenvalue weighted by atomic mass is 32.2. The number of hydrogen-bond donors (Lipinski definition) is 2. The van der Waals surface area contributed by atoms with Crippen LogP contribution in [-0.2, 0) is 16.0 Å². The van der Waals surface area contributed by atoms with Gasteiger partial charge in [-0.3, -0.25) is 9.59 Å². The van der Waals surface area contributed by atoms with Gasteiger partial charge in [0.05, 0.1) is 5.25 Å². The van der Waals surface area contributed by atoms with Gasteiger partial charge in [-0.25, -0.2) is 4.39 Å². The van der Waals surface area contributed by atoms with Gasteiger partial charge in [0.2, 0.25) is 11.8 Å². The lowest BCUT2D eigenvalue weighted by molar-refractivity contribution is -0.118. The average Bonchev–Trinajstić information content (AvgIpc) is 3.40. The molecule has 2 amide bonds. The molecule has 0 unspecified atom stereocenters. The van der Waals surface area contributed by atoms with Crippen molar-refractivity contribution < 1.29 is 14.0 Å². The molecule has 1 aromatic heterocycles. The van der Waals surface area contributed by atoms with Gasteiger partial charge in [0, 0.05) is 24.6 Å². The number of benzene rings is 1. The van der Waals surface area contributed by atoms with E-state index in [0.717, 1.165) is 18.7 Å². The Labute approximate surface area is 160 Å². The van der Waals surface area contributed by atoms with Gasteiger partial charge >= 0.3 is 0 Å². The highest BCUT2D eigenvalue weighted by Crippen LogP contribution is 2.40. The van der Waals surface area contributed by atoms with Crippen LogP contribution in [0.1, 0.15) is 44.5 Å². The zero-order chi connectivity index (χ0) is 19.4. The van der Waals surface area contributed by atoms with E-state index in [-0.39, 0.29) is 29.3 Å². The zero-order valence-corrected chi connectivity index (χ0v) is 15.8. The molecule has 0 spiro atoms. The normalized spacial score (nSPS) is 14.7. The molecule has 1 aliphatic rings. The van der Waals surface area contributed by atoms with Crippen molar-refractivity contribution >= 4 is 29.3 Å². The third kappa shape index (κ3) is 5.06. The summed E-state index contributed by atoms with van der Waals surface area (Å²) in [6.07, 6.45) is 3.34. The fourth-order valence-corrected chi connectivity index (χ4v) is 3.74. The summed E-state index contributed by atoms with van der Waals surface area (Å²) < 4.78 is 15.0. The molecule has 3 rings (SSSR count). The van der Waals surface area contributed by atoms with E-state index in [1.54, 1.807) is 0 Å². The highest BCUT2D eigenvalue weighted by Gasteiger charge is 2.31. The van der Waals surface area contributed by atoms with Crippen LogP contribution in [0.25, 0.3) is 0 Å². The van der Waals surface area contributed by atoms with Crippen molar-refractivity contribution in [3.63, 3.8) is 0 Å². The van der Waals surface area contributed by atoms with Gasteiger partial charge in [-0.2, -0.15) is 0 Å². The van der Waals surface area contributed by atoms with Crippen LogP contribution < -0.4 is 11.1 Å². The number of carbonyl (C=O) groups excluding carboxylic acids is 2. The molecular formula is C18H22FN5O2S. The van der Waals surface area contributed by atoms with E-state index < -0.39 is 0 Å². The van der Waals surface area contributed by atoms with Gasteiger partial charge in [-0.05, 0) is 43.5 Å². The van der Waals surface area contributed by atoms with E-state index in [0.29, 0.717) is 29.7 Å². The van der Waals surface area contributed by atoms with Crippen LogP contribution in [0.15, 0.2) is 29.4 Å². The number of rotatable bonds is 9. The predicted molar refractivity (Wildman–Crippen MR) is 101 cm³/mol. The second-order valence-electron chi connectivity index (χ2n) is 6.48. The molecule has 0 bridgehead atoms. The Bertz CT molecular complexity index is 820. The molecule has 1 atom stereocenters. The minimum atomic E-state index is -0.375. The van der Waals surface area contributed by atoms with Gasteiger partial charge in [-0.15, -0.1) is 10.2 Å². The first kappa shape index (κ1) is 19.3. The number of thioether (sulfide) groups is 1. The number of nitrogens with zero attached hydrogens (tertiary/aromatic N) is 3. The van der Waals surface area contributed by atoms with Crippen LogP contribution in [-0.4, -0.2) is 31.8 Å². The maximum Gasteiger partial charge on any atom is 0.237 e. The second-order valence-corrected chi connectivity index (χ2v) is 7.65. The lowest BCUT2D eigenvalue weighted by Crippen LogP contribution is -2.25. The number of halogens is 1. The van der Waals surface area contributed by atoms with E-state index in [1.807, 2.05) is 11.5 Å². The monoisotopic (exact) mass is 391 g/mol. The van der Waals surface area contributed by atoms with E-state index in [9.17, 15) is 14.0 Å². The maximum absolute atomic E-state index is 13.0. The first-order chi connectivity index (χ1) is 13.0. The molecule has 1 heterocycles. The number of nitrogens with two attached hydrogens (primary N) is 1. The minimum absolute atomic E-state index is 0.168. The standard InChI is InChI=1S/C18H22FN5O2S/c1-2-14(17(26)21-12-5-3-11(19)4-6-12)27-18-23-22-16(10-9-15(20)25)24(18)13-7-8-13/h3-6,13-14H,2,7-10H2,1H3,(H2,20,25)(H,21,26)/t14-/m0/s1. The Morgan fingerprint density at radius 3 is 2.63 bits per heavy atom. The van der Waals surface area contributed by atoms with E-state index in [2.05, 4.69) is 15.5 Å². The Balaban J connectivity index is 1.71. The highest BCUT2D eigenvalue weighted by molar-refractivity contribution is 8.00. The van der Waals surface area contributed by atoms with Gasteiger partial charge in [-0.1, -0.05) is 18.7 Å². The molecule has 1 aromatic carbocycles. The molecule has 0 saturated heterocycles. The SMILES string of the molecule is CC[C@H](Sc1nnc(CCC(N)=O)n1C1CC1)C(=O)Nc1ccc(F)cc1. The van der Waals surface area contributed by atoms with E-state index in [4.69, 9.17) is 5.73 Å². The van der Waals surface area contributed by atoms with Crippen molar-refractivity contribution in [2.24, 2.45) is 5.73 Å². The summed E-state index contributed by atoms with van der Waals surface area (Å²) in [6, 6.07) is 5.98. The minimum Gasteiger partial charge on any atom is -0.370 e. The summed E-state index contributed by atoms with van der Waals surface area (Å²) in [6.45, 7) is 1.92. The zero-order valence-electron chi connectivity index (χ0n) is 15.0. The molecule has 2 aromatic rings. The van der Waals surface area contributed by atoms with Crippen molar-refractivity contribution in [1.29, 1.82) is 0 Å². The van der Waals surface area contributed by atoms with Crippen LogP contribution in [0.5, 0.6) is 0 Å². The smallest absolute Gasteiger partial charge is 0.237 e. The molecule has 3 N–H and O–H groups in total. The molecule has 0 aliphatic heterocycles. The topological polar surface area (TPSA) is 103 Å². The first-order valence-corrected chi connectivity index (χ1v) is 9.81. The number of carbonyl (C=O) groups is 2. The van der Waals surface area contributed by atoms with Gasteiger partial charge < -0.3 is 15.6 Å². The lowest BCUT2D eigenvalue weighted by Gasteiger charge is -2.15. The van der Waals surface area contributed by atoms with Crippen LogP contribution in [0.4, 0.5) is 10.1 Å².